The molecule has 0 aliphatic heterocycles. The molecule has 0 heterocycles. The third-order valence-electron chi connectivity index (χ3n) is 13.5. The molecule has 11 atom stereocenters. The van der Waals surface area contributed by atoms with Gasteiger partial charge in [-0.05, 0) is 108 Å². The second-order valence-electron chi connectivity index (χ2n) is 15.0. The highest BCUT2D eigenvalue weighted by Crippen LogP contribution is 2.76. The number of aliphatic hydroxyl groups excluding tert-OH is 1. The standard InChI is InChI=1S/C31H50O2/c1-19-9-12-28(5)15-16-30(7)22(25(28)20(19)2)17-21(18-32)26-29(6)13-11-24(33)27(3,4)23(29)10-14-31(26,30)8/h17-21,23-26,33H,9-16H2,1-8H3/t19-,20+,21?,23+,24?,25+,26-,28-,29+,30-,31-/m1/s1. The second kappa shape index (κ2) is 7.21. The Balaban J connectivity index is 1.67. The molecule has 4 fully saturated rings. The van der Waals surface area contributed by atoms with Crippen molar-refractivity contribution in [3.05, 3.63) is 11.6 Å². The zero-order valence-electron chi connectivity index (χ0n) is 22.7. The maximum absolute atomic E-state index is 12.9. The molecular weight excluding hydrogens is 404 g/mol. The average molecular weight is 455 g/mol. The molecule has 5 rings (SSSR count). The van der Waals surface area contributed by atoms with E-state index in [1.807, 2.05) is 0 Å². The van der Waals surface area contributed by atoms with Crippen molar-refractivity contribution in [2.45, 2.75) is 113 Å². The van der Waals surface area contributed by atoms with Crippen molar-refractivity contribution < 1.29 is 9.90 Å². The third-order valence-corrected chi connectivity index (χ3v) is 13.5. The first-order chi connectivity index (χ1) is 15.3. The minimum absolute atomic E-state index is 0.0173. The number of fused-ring (bicyclic) bond motifs is 7. The summed E-state index contributed by atoms with van der Waals surface area (Å²) in [4.78, 5) is 12.9. The van der Waals surface area contributed by atoms with E-state index in [0.29, 0.717) is 29.1 Å². The summed E-state index contributed by atoms with van der Waals surface area (Å²) < 4.78 is 0. The monoisotopic (exact) mass is 454 g/mol. The summed E-state index contributed by atoms with van der Waals surface area (Å²) in [7, 11) is 0. The van der Waals surface area contributed by atoms with Gasteiger partial charge in [-0.2, -0.15) is 0 Å². The summed E-state index contributed by atoms with van der Waals surface area (Å²) in [5, 5.41) is 10.9. The smallest absolute Gasteiger partial charge is 0.127 e. The van der Waals surface area contributed by atoms with Gasteiger partial charge in [0.25, 0.3) is 0 Å². The van der Waals surface area contributed by atoms with Crippen LogP contribution in [-0.4, -0.2) is 17.5 Å². The van der Waals surface area contributed by atoms with Crippen molar-refractivity contribution in [1.82, 2.24) is 0 Å². The molecule has 2 heteroatoms. The Kier molecular flexibility index (Phi) is 5.26. The van der Waals surface area contributed by atoms with E-state index < -0.39 is 0 Å². The maximum atomic E-state index is 12.9. The lowest BCUT2D eigenvalue weighted by Crippen LogP contribution is -2.66. The molecule has 2 nitrogen and oxygen atoms in total. The average Bonchev–Trinajstić information content (AvgIpc) is 2.74. The van der Waals surface area contributed by atoms with E-state index in [9.17, 15) is 9.90 Å². The van der Waals surface area contributed by atoms with Crippen molar-refractivity contribution in [3.63, 3.8) is 0 Å². The van der Waals surface area contributed by atoms with Crippen LogP contribution in [0.3, 0.4) is 0 Å². The lowest BCUT2D eigenvalue weighted by Gasteiger charge is -2.72. The van der Waals surface area contributed by atoms with Gasteiger partial charge in [-0.25, -0.2) is 0 Å². The van der Waals surface area contributed by atoms with Gasteiger partial charge in [-0.15, -0.1) is 0 Å². The first kappa shape index (κ1) is 24.1. The normalized spacial score (nSPS) is 57.6. The van der Waals surface area contributed by atoms with Crippen LogP contribution in [0.4, 0.5) is 0 Å². The molecule has 2 unspecified atom stereocenters. The molecule has 0 aromatic carbocycles. The third kappa shape index (κ3) is 2.85. The van der Waals surface area contributed by atoms with Crippen LogP contribution >= 0.6 is 0 Å². The van der Waals surface area contributed by atoms with Crippen molar-refractivity contribution in [1.29, 1.82) is 0 Å². The van der Waals surface area contributed by atoms with Crippen LogP contribution in [0.25, 0.3) is 0 Å². The Morgan fingerprint density at radius 3 is 2.27 bits per heavy atom. The van der Waals surface area contributed by atoms with E-state index in [1.54, 1.807) is 5.57 Å². The van der Waals surface area contributed by atoms with E-state index >= 15 is 0 Å². The Morgan fingerprint density at radius 1 is 0.909 bits per heavy atom. The number of allylic oxidation sites excluding steroid dienone is 2. The lowest BCUT2D eigenvalue weighted by molar-refractivity contribution is -0.214. The minimum atomic E-state index is -0.222. The van der Waals surface area contributed by atoms with E-state index in [1.165, 1.54) is 44.8 Å². The fourth-order valence-electron chi connectivity index (χ4n) is 11.2. The molecule has 0 amide bonds. The SMILES string of the molecule is C[C@H]1[C@H](C)CC[C@]2(C)CC[C@]3(C)C(=CC(C=O)[C@@H]4[C@@]5(C)CCC(O)C(C)(C)[C@@H]5CC[C@]43C)[C@H]12. The molecule has 0 radical (unpaired) electrons. The Labute approximate surface area is 203 Å². The minimum Gasteiger partial charge on any atom is -0.393 e. The second-order valence-corrected chi connectivity index (χ2v) is 15.0. The topological polar surface area (TPSA) is 37.3 Å². The van der Waals surface area contributed by atoms with E-state index in [-0.39, 0.29) is 33.7 Å². The Morgan fingerprint density at radius 2 is 1.61 bits per heavy atom. The van der Waals surface area contributed by atoms with Crippen LogP contribution in [0.15, 0.2) is 11.6 Å². The molecule has 186 valence electrons. The molecule has 0 spiro atoms. The predicted octanol–water partition coefficient (Wildman–Crippen LogP) is 7.45. The van der Waals surface area contributed by atoms with Gasteiger partial charge in [0.2, 0.25) is 0 Å². The quantitative estimate of drug-likeness (QED) is 0.330. The fourth-order valence-corrected chi connectivity index (χ4v) is 11.2. The number of rotatable bonds is 1. The highest BCUT2D eigenvalue weighted by atomic mass is 16.3. The molecular formula is C31H50O2. The number of carbonyl (C=O) groups is 1. The zero-order valence-corrected chi connectivity index (χ0v) is 22.7. The molecule has 0 saturated heterocycles. The number of aldehydes is 1. The highest BCUT2D eigenvalue weighted by molar-refractivity contribution is 5.60. The highest BCUT2D eigenvalue weighted by Gasteiger charge is 2.69. The van der Waals surface area contributed by atoms with Crippen LogP contribution in [0.5, 0.6) is 0 Å². The zero-order chi connectivity index (χ0) is 24.2. The molecule has 1 N–H and O–H groups in total. The van der Waals surface area contributed by atoms with Gasteiger partial charge >= 0.3 is 0 Å². The van der Waals surface area contributed by atoms with Crippen LogP contribution in [-0.2, 0) is 4.79 Å². The van der Waals surface area contributed by atoms with Gasteiger partial charge in [0.05, 0.1) is 6.10 Å². The van der Waals surface area contributed by atoms with Crippen LogP contribution in [0.1, 0.15) is 107 Å². The van der Waals surface area contributed by atoms with Crippen molar-refractivity contribution in [2.24, 2.45) is 62.6 Å². The Bertz CT molecular complexity index is 857. The van der Waals surface area contributed by atoms with Crippen LogP contribution in [0.2, 0.25) is 0 Å². The molecule has 5 aliphatic carbocycles. The van der Waals surface area contributed by atoms with E-state index in [0.717, 1.165) is 18.8 Å². The van der Waals surface area contributed by atoms with Gasteiger partial charge < -0.3 is 9.90 Å². The molecule has 5 aliphatic rings. The fraction of sp³-hybridized carbons (Fsp3) is 0.903. The number of hydrogen-bond acceptors (Lipinski definition) is 2. The number of carbonyl (C=O) groups excluding carboxylic acids is 1. The first-order valence-corrected chi connectivity index (χ1v) is 14.1. The molecule has 33 heavy (non-hydrogen) atoms. The molecule has 0 bridgehead atoms. The predicted molar refractivity (Wildman–Crippen MR) is 136 cm³/mol. The summed E-state index contributed by atoms with van der Waals surface area (Å²) in [6.45, 7) is 19.8. The van der Waals surface area contributed by atoms with Gasteiger partial charge in [-0.3, -0.25) is 0 Å². The van der Waals surface area contributed by atoms with Crippen LogP contribution in [0, 0.1) is 62.6 Å². The summed E-state index contributed by atoms with van der Waals surface area (Å²) in [5.41, 5.74) is 2.42. The number of hydrogen-bond donors (Lipinski definition) is 1. The summed E-state index contributed by atoms with van der Waals surface area (Å²) >= 11 is 0. The van der Waals surface area contributed by atoms with E-state index in [4.69, 9.17) is 0 Å². The first-order valence-electron chi connectivity index (χ1n) is 14.1. The van der Waals surface area contributed by atoms with Crippen molar-refractivity contribution >= 4 is 6.29 Å². The van der Waals surface area contributed by atoms with Gasteiger partial charge in [0.15, 0.2) is 0 Å². The summed E-state index contributed by atoms with van der Waals surface area (Å²) in [6, 6.07) is 0. The maximum Gasteiger partial charge on any atom is 0.127 e. The van der Waals surface area contributed by atoms with E-state index in [2.05, 4.69) is 61.5 Å². The molecule has 4 saturated carbocycles. The Hall–Kier alpha value is -0.630. The largest absolute Gasteiger partial charge is 0.393 e. The van der Waals surface area contributed by atoms with Crippen LogP contribution < -0.4 is 0 Å². The summed E-state index contributed by atoms with van der Waals surface area (Å²) in [6.07, 6.45) is 13.3. The van der Waals surface area contributed by atoms with Gasteiger partial charge in [0.1, 0.15) is 6.29 Å². The molecule has 0 aromatic rings. The molecule has 0 aromatic heterocycles. The van der Waals surface area contributed by atoms with Gasteiger partial charge in [-0.1, -0.05) is 67.0 Å². The lowest BCUT2D eigenvalue weighted by atomic mass is 9.32. The van der Waals surface area contributed by atoms with Crippen molar-refractivity contribution in [2.75, 3.05) is 0 Å². The van der Waals surface area contributed by atoms with Gasteiger partial charge in [0, 0.05) is 5.92 Å². The number of aliphatic hydroxyl groups is 1. The summed E-state index contributed by atoms with van der Waals surface area (Å²) in [5.74, 6) is 2.95. The van der Waals surface area contributed by atoms with Crippen molar-refractivity contribution in [3.8, 4) is 0 Å².